The lowest BCUT2D eigenvalue weighted by Crippen LogP contribution is -2.33. The van der Waals surface area contributed by atoms with Gasteiger partial charge < -0.3 is 19.6 Å². The number of aromatic amines is 1. The van der Waals surface area contributed by atoms with Crippen LogP contribution in [0.15, 0.2) is 27.1 Å². The molecule has 5 aromatic rings. The lowest BCUT2D eigenvalue weighted by Gasteiger charge is -2.28. The maximum absolute atomic E-state index is 6.69. The van der Waals surface area contributed by atoms with Crippen molar-refractivity contribution in [3.63, 3.8) is 0 Å². The fourth-order valence-electron chi connectivity index (χ4n) is 6.20. The summed E-state index contributed by atoms with van der Waals surface area (Å²) in [5.41, 5.74) is 11.9. The van der Waals surface area contributed by atoms with Crippen LogP contribution in [0.2, 0.25) is 5.02 Å². The molecular formula is C25H25ClN8O2. The molecule has 3 atom stereocenters. The molecule has 0 radical (unpaired) electrons. The Labute approximate surface area is 211 Å². The number of hydrogen-bond donors (Lipinski definition) is 2. The first-order valence-corrected chi connectivity index (χ1v) is 12.5. The molecule has 0 bridgehead atoms. The largest absolute Gasteiger partial charge is 0.439 e. The van der Waals surface area contributed by atoms with Gasteiger partial charge in [-0.15, -0.1) is 0 Å². The van der Waals surface area contributed by atoms with Gasteiger partial charge in [0.05, 0.1) is 22.1 Å². The number of H-pyrrole nitrogens is 1. The molecule has 3 unspecified atom stereocenters. The smallest absolute Gasteiger partial charge is 0.202 e. The van der Waals surface area contributed by atoms with Crippen LogP contribution in [0, 0.1) is 32.6 Å². The van der Waals surface area contributed by atoms with Crippen molar-refractivity contribution in [1.29, 1.82) is 0 Å². The number of hydrogen-bond acceptors (Lipinski definition) is 9. The lowest BCUT2D eigenvalue weighted by molar-refractivity contribution is 0.379. The number of rotatable bonds is 4. The number of nitrogens with zero attached hydrogens (tertiary/aromatic N) is 6. The second kappa shape index (κ2) is 7.50. The second-order valence-electron chi connectivity index (χ2n) is 9.93. The van der Waals surface area contributed by atoms with Gasteiger partial charge in [0, 0.05) is 43.6 Å². The highest BCUT2D eigenvalue weighted by molar-refractivity contribution is 6.37. The molecule has 10 nitrogen and oxygen atoms in total. The molecule has 36 heavy (non-hydrogen) atoms. The average molecular weight is 505 g/mol. The minimum Gasteiger partial charge on any atom is -0.439 e. The van der Waals surface area contributed by atoms with Crippen molar-refractivity contribution < 1.29 is 8.94 Å². The zero-order valence-corrected chi connectivity index (χ0v) is 20.9. The average Bonchev–Trinajstić information content (AvgIpc) is 3.23. The van der Waals surface area contributed by atoms with Crippen LogP contribution in [0.1, 0.15) is 29.5 Å². The zero-order chi connectivity index (χ0) is 24.8. The first-order valence-electron chi connectivity index (χ1n) is 12.1. The van der Waals surface area contributed by atoms with Gasteiger partial charge in [-0.3, -0.25) is 5.10 Å². The molecule has 1 saturated heterocycles. The molecule has 3 N–H and O–H groups in total. The van der Waals surface area contributed by atoms with E-state index < -0.39 is 0 Å². The van der Waals surface area contributed by atoms with Crippen LogP contribution in [0.5, 0.6) is 0 Å². The summed E-state index contributed by atoms with van der Waals surface area (Å²) in [6, 6.07) is 5.81. The number of oxazole rings is 1. The molecule has 2 aliphatic rings. The van der Waals surface area contributed by atoms with E-state index in [4.69, 9.17) is 36.2 Å². The molecule has 184 valence electrons. The first-order chi connectivity index (χ1) is 17.4. The highest BCUT2D eigenvalue weighted by Gasteiger charge is 2.67. The number of aromatic nitrogens is 6. The maximum atomic E-state index is 6.69. The van der Waals surface area contributed by atoms with E-state index in [1.807, 2.05) is 32.0 Å². The molecule has 7 rings (SSSR count). The quantitative estimate of drug-likeness (QED) is 0.371. The van der Waals surface area contributed by atoms with E-state index in [2.05, 4.69) is 25.2 Å². The zero-order valence-electron chi connectivity index (χ0n) is 20.2. The van der Waals surface area contributed by atoms with Crippen LogP contribution in [0.25, 0.3) is 33.5 Å². The van der Waals surface area contributed by atoms with Crippen LogP contribution < -0.4 is 10.6 Å². The number of anilines is 1. The molecule has 5 heterocycles. The molecule has 1 aromatic carbocycles. The number of nitrogens with two attached hydrogens (primary N) is 1. The van der Waals surface area contributed by atoms with Crippen molar-refractivity contribution in [3.8, 4) is 11.3 Å². The summed E-state index contributed by atoms with van der Waals surface area (Å²) in [5.74, 6) is 3.14. The van der Waals surface area contributed by atoms with Gasteiger partial charge in [0.1, 0.15) is 16.8 Å². The van der Waals surface area contributed by atoms with Gasteiger partial charge in [-0.2, -0.15) is 5.10 Å². The van der Waals surface area contributed by atoms with E-state index in [0.29, 0.717) is 57.3 Å². The fraction of sp³-hybridized carbons (Fsp3) is 0.400. The highest BCUT2D eigenvalue weighted by Crippen LogP contribution is 2.62. The van der Waals surface area contributed by atoms with Gasteiger partial charge in [0.25, 0.3) is 0 Å². The summed E-state index contributed by atoms with van der Waals surface area (Å²) in [4.78, 5) is 16.5. The van der Waals surface area contributed by atoms with Crippen molar-refractivity contribution in [2.24, 2.45) is 17.6 Å². The van der Waals surface area contributed by atoms with Crippen molar-refractivity contribution in [2.75, 3.05) is 24.5 Å². The molecule has 0 amide bonds. The Kier molecular flexibility index (Phi) is 4.53. The van der Waals surface area contributed by atoms with Crippen LogP contribution >= 0.6 is 11.6 Å². The van der Waals surface area contributed by atoms with Gasteiger partial charge >= 0.3 is 0 Å². The van der Waals surface area contributed by atoms with Crippen LogP contribution in [-0.2, 0) is 5.41 Å². The summed E-state index contributed by atoms with van der Waals surface area (Å²) >= 11 is 6.69. The van der Waals surface area contributed by atoms with Crippen LogP contribution in [-0.4, -0.2) is 49.9 Å². The summed E-state index contributed by atoms with van der Waals surface area (Å²) in [6.45, 7) is 7.99. The number of aryl methyl sites for hydroxylation is 3. The summed E-state index contributed by atoms with van der Waals surface area (Å²) in [7, 11) is 0. The van der Waals surface area contributed by atoms with Gasteiger partial charge in [0.2, 0.25) is 5.65 Å². The molecule has 1 saturated carbocycles. The Morgan fingerprint density at radius 1 is 1.19 bits per heavy atom. The summed E-state index contributed by atoms with van der Waals surface area (Å²) in [6.07, 6.45) is 1.02. The second-order valence-corrected chi connectivity index (χ2v) is 10.3. The molecule has 0 spiro atoms. The van der Waals surface area contributed by atoms with E-state index in [1.165, 1.54) is 0 Å². The van der Waals surface area contributed by atoms with Gasteiger partial charge in [-0.05, 0) is 44.2 Å². The third-order valence-electron chi connectivity index (χ3n) is 7.98. The first kappa shape index (κ1) is 21.8. The predicted molar refractivity (Wildman–Crippen MR) is 135 cm³/mol. The molecular weight excluding hydrogens is 480 g/mol. The van der Waals surface area contributed by atoms with Crippen LogP contribution in [0.4, 0.5) is 5.82 Å². The Morgan fingerprint density at radius 2 is 2.06 bits per heavy atom. The number of fused-ring (bicyclic) bond motifs is 3. The minimum atomic E-state index is -0.119. The van der Waals surface area contributed by atoms with Crippen molar-refractivity contribution in [3.05, 3.63) is 46.3 Å². The Balaban J connectivity index is 1.23. The molecule has 11 heteroatoms. The Hall–Kier alpha value is -3.50. The van der Waals surface area contributed by atoms with E-state index in [9.17, 15) is 0 Å². The van der Waals surface area contributed by atoms with E-state index in [0.717, 1.165) is 48.0 Å². The Bertz CT molecular complexity index is 1650. The molecule has 1 aliphatic heterocycles. The SMILES string of the molecule is Cc1cc(C2(CN)C3CCN(c4nc5n[nH]c(-c6ccc7nc(C)oc7c6Cl)c5nc4C)CC32)no1. The van der Waals surface area contributed by atoms with E-state index >= 15 is 0 Å². The van der Waals surface area contributed by atoms with Gasteiger partial charge in [-0.25, -0.2) is 15.0 Å². The summed E-state index contributed by atoms with van der Waals surface area (Å²) in [5, 5.41) is 12.4. The molecule has 4 aromatic heterocycles. The third kappa shape index (κ3) is 2.91. The predicted octanol–water partition coefficient (Wildman–Crippen LogP) is 4.08. The third-order valence-corrected chi connectivity index (χ3v) is 8.35. The van der Waals surface area contributed by atoms with Gasteiger partial charge in [0.15, 0.2) is 17.3 Å². The van der Waals surface area contributed by atoms with Crippen molar-refractivity contribution >= 4 is 39.7 Å². The molecule has 1 aliphatic carbocycles. The maximum Gasteiger partial charge on any atom is 0.202 e. The number of halogens is 1. The van der Waals surface area contributed by atoms with E-state index in [1.54, 1.807) is 6.92 Å². The normalized spacial score (nSPS) is 23.5. The topological polar surface area (TPSA) is 136 Å². The standard InChI is InChI=1S/C25H25ClN8O2/c1-11-8-18(33-36-11)25(10-27)15-6-7-34(9-16(15)25)24-12(2)28-21-20(31-32-23(21)30-24)14-4-5-17-22(19(14)26)35-13(3)29-17/h4-5,8,15-16H,6-7,9-10,27H2,1-3H3,(H,30,31,32). The van der Waals surface area contributed by atoms with E-state index in [-0.39, 0.29) is 5.41 Å². The lowest BCUT2D eigenvalue weighted by atomic mass is 9.97. The minimum absolute atomic E-state index is 0.119. The van der Waals surface area contributed by atoms with Crippen molar-refractivity contribution in [2.45, 2.75) is 32.6 Å². The Morgan fingerprint density at radius 3 is 2.83 bits per heavy atom. The van der Waals surface area contributed by atoms with Crippen molar-refractivity contribution in [1.82, 2.24) is 30.3 Å². The van der Waals surface area contributed by atoms with Gasteiger partial charge in [-0.1, -0.05) is 16.8 Å². The summed E-state index contributed by atoms with van der Waals surface area (Å²) < 4.78 is 11.1. The highest BCUT2D eigenvalue weighted by atomic mass is 35.5. The fourth-order valence-corrected chi connectivity index (χ4v) is 6.50. The van der Waals surface area contributed by atoms with Crippen LogP contribution in [0.3, 0.4) is 0 Å². The monoisotopic (exact) mass is 504 g/mol. The molecule has 2 fully saturated rings. The number of nitrogens with one attached hydrogen (secondary N) is 1. The number of benzene rings is 1. The number of piperidine rings is 1.